The zero-order valence-electron chi connectivity index (χ0n) is 10.0. The van der Waals surface area contributed by atoms with Gasteiger partial charge in [-0.05, 0) is 13.8 Å². The number of isocyanates is 2. The number of carbonyl (C=O) groups is 2. The molecule has 0 spiro atoms. The van der Waals surface area contributed by atoms with Crippen molar-refractivity contribution in [2.75, 3.05) is 13.2 Å². The number of carbonyl (C=O) groups excluding carboxylic acids is 4. The van der Waals surface area contributed by atoms with Crippen molar-refractivity contribution in [2.45, 2.75) is 13.8 Å². The van der Waals surface area contributed by atoms with Crippen molar-refractivity contribution in [3.8, 4) is 0 Å². The number of rotatable bonds is 4. The third-order valence-electron chi connectivity index (χ3n) is 0.929. The highest BCUT2D eigenvalue weighted by Gasteiger charge is 1.97. The molecule has 0 heterocycles. The monoisotopic (exact) mass is 258 g/mol. The minimum Gasteiger partial charge on any atom is -0.463 e. The first-order valence-corrected chi connectivity index (χ1v) is 4.63. The first kappa shape index (κ1) is 20.8. The van der Waals surface area contributed by atoms with E-state index >= 15 is 0 Å². The van der Waals surface area contributed by atoms with Gasteiger partial charge >= 0.3 is 11.9 Å². The van der Waals surface area contributed by atoms with Crippen molar-refractivity contribution in [3.63, 3.8) is 0 Å². The van der Waals surface area contributed by atoms with Gasteiger partial charge < -0.3 is 9.47 Å². The topological polar surface area (TPSA) is 134 Å². The molecule has 100 valence electrons. The molecule has 0 unspecified atom stereocenters. The molecule has 8 heteroatoms. The zero-order valence-corrected chi connectivity index (χ0v) is 10.0. The van der Waals surface area contributed by atoms with E-state index in [0.717, 1.165) is 24.3 Å². The van der Waals surface area contributed by atoms with E-state index in [1.54, 1.807) is 13.8 Å². The predicted molar refractivity (Wildman–Crippen MR) is 59.2 cm³/mol. The second-order valence-corrected chi connectivity index (χ2v) is 2.04. The van der Waals surface area contributed by atoms with Gasteiger partial charge in [-0.1, -0.05) is 0 Å². The average molecular weight is 258 g/mol. The maximum absolute atomic E-state index is 10.6. The van der Waals surface area contributed by atoms with E-state index < -0.39 is 11.9 Å². The van der Waals surface area contributed by atoms with E-state index in [0.29, 0.717) is 13.2 Å². The van der Waals surface area contributed by atoms with Crippen LogP contribution in [-0.4, -0.2) is 37.3 Å². The van der Waals surface area contributed by atoms with Crippen LogP contribution in [0.2, 0.25) is 0 Å². The number of nitrogens with one attached hydrogen (secondary N) is 2. The largest absolute Gasteiger partial charge is 0.463 e. The van der Waals surface area contributed by atoms with Gasteiger partial charge in [0.2, 0.25) is 12.2 Å². The molecule has 0 saturated heterocycles. The van der Waals surface area contributed by atoms with Gasteiger partial charge in [-0.2, -0.15) is 0 Å². The molecular weight excluding hydrogens is 244 g/mol. The fraction of sp³-hybridized carbons (Fsp3) is 0.400. The summed E-state index contributed by atoms with van der Waals surface area (Å²) in [6.07, 6.45) is 3.59. The summed E-state index contributed by atoms with van der Waals surface area (Å²) in [7, 11) is 0. The Morgan fingerprint density at radius 1 is 0.944 bits per heavy atom. The van der Waals surface area contributed by atoms with Crippen LogP contribution in [0.3, 0.4) is 0 Å². The van der Waals surface area contributed by atoms with Crippen LogP contribution in [0.25, 0.3) is 0 Å². The van der Waals surface area contributed by atoms with E-state index in [9.17, 15) is 9.59 Å². The third-order valence-corrected chi connectivity index (χ3v) is 0.929. The fourth-order valence-corrected chi connectivity index (χ4v) is 0.517. The van der Waals surface area contributed by atoms with E-state index in [2.05, 4.69) is 9.47 Å². The van der Waals surface area contributed by atoms with Crippen molar-refractivity contribution in [3.05, 3.63) is 12.2 Å². The molecule has 0 amide bonds. The molecule has 0 aliphatic heterocycles. The first-order chi connectivity index (χ1) is 8.53. The Morgan fingerprint density at radius 2 is 1.17 bits per heavy atom. The van der Waals surface area contributed by atoms with Gasteiger partial charge in [-0.15, -0.1) is 0 Å². The smallest absolute Gasteiger partial charge is 0.330 e. The lowest BCUT2D eigenvalue weighted by molar-refractivity contribution is -0.140. The van der Waals surface area contributed by atoms with Crippen LogP contribution in [-0.2, 0) is 28.7 Å². The molecule has 0 rings (SSSR count). The van der Waals surface area contributed by atoms with Crippen molar-refractivity contribution >= 4 is 24.1 Å². The number of esters is 2. The van der Waals surface area contributed by atoms with Gasteiger partial charge in [0.25, 0.3) is 0 Å². The molecular formula is C10H14N2O6. The Labute approximate surface area is 104 Å². The van der Waals surface area contributed by atoms with Crippen molar-refractivity contribution < 1.29 is 28.7 Å². The molecule has 0 aliphatic carbocycles. The summed E-state index contributed by atoms with van der Waals surface area (Å²) in [6, 6.07) is 0. The molecule has 0 bridgehead atoms. The highest BCUT2D eigenvalue weighted by atomic mass is 16.5. The lowest BCUT2D eigenvalue weighted by Crippen LogP contribution is -2.03. The maximum atomic E-state index is 10.6. The molecule has 2 N–H and O–H groups in total. The van der Waals surface area contributed by atoms with E-state index in [4.69, 9.17) is 20.4 Å². The molecule has 0 aromatic rings. The Kier molecular flexibility index (Phi) is 23.0. The quantitative estimate of drug-likeness (QED) is 0.325. The molecule has 8 nitrogen and oxygen atoms in total. The Hall–Kier alpha value is -2.56. The molecule has 0 fully saturated rings. The van der Waals surface area contributed by atoms with Crippen LogP contribution in [0.4, 0.5) is 0 Å². The van der Waals surface area contributed by atoms with Crippen LogP contribution in [0, 0.1) is 10.8 Å². The summed E-state index contributed by atoms with van der Waals surface area (Å²) in [5, 5.41) is 10.8. The second-order valence-electron chi connectivity index (χ2n) is 2.04. The molecule has 0 aromatic heterocycles. The van der Waals surface area contributed by atoms with E-state index in [1.165, 1.54) is 0 Å². The van der Waals surface area contributed by atoms with Crippen LogP contribution >= 0.6 is 0 Å². The van der Waals surface area contributed by atoms with Crippen molar-refractivity contribution in [1.29, 1.82) is 10.8 Å². The predicted octanol–water partition coefficient (Wildman–Crippen LogP) is 0.471. The highest BCUT2D eigenvalue weighted by molar-refractivity contribution is 5.91. The molecule has 0 radical (unpaired) electrons. The van der Waals surface area contributed by atoms with Gasteiger partial charge in [-0.25, -0.2) is 30.0 Å². The summed E-state index contributed by atoms with van der Waals surface area (Å²) in [6.45, 7) is 3.98. The zero-order chi connectivity index (χ0) is 14.8. The SMILES string of the molecule is CCOC(=O)/C=C/C(=O)OCC.N=C=O.N=C=O. The van der Waals surface area contributed by atoms with Gasteiger partial charge in [-0.3, -0.25) is 0 Å². The van der Waals surface area contributed by atoms with Crippen LogP contribution in [0.5, 0.6) is 0 Å². The highest BCUT2D eigenvalue weighted by Crippen LogP contribution is 1.84. The van der Waals surface area contributed by atoms with Gasteiger partial charge in [0.15, 0.2) is 0 Å². The Balaban J connectivity index is -0.000000315. The minimum atomic E-state index is -0.537. The van der Waals surface area contributed by atoms with Crippen LogP contribution in [0.15, 0.2) is 12.2 Å². The fourth-order valence-electron chi connectivity index (χ4n) is 0.517. The maximum Gasteiger partial charge on any atom is 0.330 e. The van der Waals surface area contributed by atoms with E-state index in [-0.39, 0.29) is 0 Å². The van der Waals surface area contributed by atoms with Gasteiger partial charge in [0.1, 0.15) is 0 Å². The molecule has 0 saturated carbocycles. The van der Waals surface area contributed by atoms with Gasteiger partial charge in [0, 0.05) is 12.2 Å². The summed E-state index contributed by atoms with van der Waals surface area (Å²) in [5.41, 5.74) is 0. The average Bonchev–Trinajstić information content (AvgIpc) is 2.29. The standard InChI is InChI=1S/C8H12O4.2CHNO/c1-3-11-7(9)5-6-8(10)12-4-2;2*2-1-3/h5-6H,3-4H2,1-2H3;2*2H/b6-5+;;. The summed E-state index contributed by atoms with van der Waals surface area (Å²) >= 11 is 0. The number of ether oxygens (including phenoxy) is 2. The Bertz CT molecular complexity index is 293. The van der Waals surface area contributed by atoms with E-state index in [1.807, 2.05) is 0 Å². The van der Waals surface area contributed by atoms with Crippen LogP contribution in [0.1, 0.15) is 13.8 Å². The molecule has 18 heavy (non-hydrogen) atoms. The summed E-state index contributed by atoms with van der Waals surface area (Å²) in [5.74, 6) is -1.07. The Morgan fingerprint density at radius 3 is 1.33 bits per heavy atom. The summed E-state index contributed by atoms with van der Waals surface area (Å²) < 4.78 is 9.07. The third kappa shape index (κ3) is 29.2. The molecule has 0 aromatic carbocycles. The second kappa shape index (κ2) is 19.9. The van der Waals surface area contributed by atoms with Crippen molar-refractivity contribution in [1.82, 2.24) is 0 Å². The summed E-state index contributed by atoms with van der Waals surface area (Å²) in [4.78, 5) is 38.0. The number of hydrogen-bond donors (Lipinski definition) is 2. The van der Waals surface area contributed by atoms with Gasteiger partial charge in [0.05, 0.1) is 13.2 Å². The first-order valence-electron chi connectivity index (χ1n) is 4.63. The number of hydrogen-bond acceptors (Lipinski definition) is 8. The molecule has 0 aliphatic rings. The minimum absolute atomic E-state index is 0.298. The normalized spacial score (nSPS) is 7.44. The van der Waals surface area contributed by atoms with Crippen molar-refractivity contribution in [2.24, 2.45) is 0 Å². The van der Waals surface area contributed by atoms with Crippen LogP contribution < -0.4 is 0 Å². The lowest BCUT2D eigenvalue weighted by atomic mass is 10.5. The lowest BCUT2D eigenvalue weighted by Gasteiger charge is -1.95. The molecule has 0 atom stereocenters.